The van der Waals surface area contributed by atoms with Crippen LogP contribution in [-0.2, 0) is 14.3 Å². The maximum atomic E-state index is 11.6. The highest BCUT2D eigenvalue weighted by Crippen LogP contribution is 1.97. The molecule has 1 atom stereocenters. The van der Waals surface area contributed by atoms with Crippen molar-refractivity contribution in [2.45, 2.75) is 18.9 Å². The Morgan fingerprint density at radius 2 is 2.00 bits per heavy atom. The number of aliphatic carboxylic acids is 1. The van der Waals surface area contributed by atoms with E-state index < -0.39 is 23.9 Å². The lowest BCUT2D eigenvalue weighted by atomic mass is 10.1. The van der Waals surface area contributed by atoms with Crippen LogP contribution in [0.5, 0.6) is 0 Å². The molecule has 0 spiro atoms. The number of primary amides is 1. The second kappa shape index (κ2) is 10.9. The van der Waals surface area contributed by atoms with Gasteiger partial charge >= 0.3 is 12.0 Å². The summed E-state index contributed by atoms with van der Waals surface area (Å²) < 4.78 is 4.92. The molecule has 122 valence electrons. The SMILES string of the molecule is COCCN(C)CCNC(=O)N[C@@H](CCC(N)=O)C(=O)O. The summed E-state index contributed by atoms with van der Waals surface area (Å²) in [4.78, 5) is 35.1. The first-order valence-electron chi connectivity index (χ1n) is 6.59. The Balaban J connectivity index is 3.98. The van der Waals surface area contributed by atoms with Crippen molar-refractivity contribution in [1.82, 2.24) is 15.5 Å². The summed E-state index contributed by atoms with van der Waals surface area (Å²) in [5.41, 5.74) is 4.95. The fourth-order valence-corrected chi connectivity index (χ4v) is 1.47. The summed E-state index contributed by atoms with van der Waals surface area (Å²) in [7, 11) is 3.49. The number of amides is 3. The number of carbonyl (C=O) groups excluding carboxylic acids is 2. The van der Waals surface area contributed by atoms with Gasteiger partial charge in [0.1, 0.15) is 6.04 Å². The van der Waals surface area contributed by atoms with Crippen molar-refractivity contribution in [1.29, 1.82) is 0 Å². The van der Waals surface area contributed by atoms with Crippen LogP contribution in [0, 0.1) is 0 Å². The van der Waals surface area contributed by atoms with Crippen molar-refractivity contribution >= 4 is 17.9 Å². The Hall–Kier alpha value is -1.87. The second-order valence-corrected chi connectivity index (χ2v) is 4.59. The molecule has 21 heavy (non-hydrogen) atoms. The van der Waals surface area contributed by atoms with Crippen molar-refractivity contribution in [3.8, 4) is 0 Å². The van der Waals surface area contributed by atoms with Crippen LogP contribution in [0.15, 0.2) is 0 Å². The molecular formula is C12H24N4O5. The molecule has 0 aromatic heterocycles. The third kappa shape index (κ3) is 10.6. The molecule has 0 saturated carbocycles. The Morgan fingerprint density at radius 3 is 2.52 bits per heavy atom. The van der Waals surface area contributed by atoms with Gasteiger partial charge in [0.25, 0.3) is 0 Å². The largest absolute Gasteiger partial charge is 0.480 e. The third-order valence-electron chi connectivity index (χ3n) is 2.74. The molecule has 9 heteroatoms. The zero-order valence-electron chi connectivity index (χ0n) is 12.4. The lowest BCUT2D eigenvalue weighted by Gasteiger charge is -2.18. The molecule has 0 aliphatic carbocycles. The number of nitrogens with two attached hydrogens (primary N) is 1. The summed E-state index contributed by atoms with van der Waals surface area (Å²) >= 11 is 0. The molecule has 0 fully saturated rings. The molecule has 0 aromatic carbocycles. The van der Waals surface area contributed by atoms with Gasteiger partial charge in [-0.3, -0.25) is 4.79 Å². The zero-order chi connectivity index (χ0) is 16.3. The summed E-state index contributed by atoms with van der Waals surface area (Å²) in [6.07, 6.45) is -0.136. The van der Waals surface area contributed by atoms with Crippen LogP contribution in [-0.4, -0.2) is 74.4 Å². The lowest BCUT2D eigenvalue weighted by Crippen LogP contribution is -2.47. The van der Waals surface area contributed by atoms with E-state index in [9.17, 15) is 14.4 Å². The minimum atomic E-state index is -1.20. The topological polar surface area (TPSA) is 134 Å². The van der Waals surface area contributed by atoms with Gasteiger partial charge in [0.05, 0.1) is 6.61 Å². The normalized spacial score (nSPS) is 12.0. The van der Waals surface area contributed by atoms with E-state index in [-0.39, 0.29) is 12.8 Å². The molecule has 5 N–H and O–H groups in total. The van der Waals surface area contributed by atoms with Gasteiger partial charge in [-0.2, -0.15) is 0 Å². The monoisotopic (exact) mass is 304 g/mol. The average molecular weight is 304 g/mol. The summed E-state index contributed by atoms with van der Waals surface area (Å²) in [6.45, 7) is 2.30. The molecule has 0 heterocycles. The molecule has 0 rings (SSSR count). The van der Waals surface area contributed by atoms with Crippen LogP contribution >= 0.6 is 0 Å². The number of likely N-dealkylation sites (N-methyl/N-ethyl adjacent to an activating group) is 1. The van der Waals surface area contributed by atoms with Crippen LogP contribution in [0.25, 0.3) is 0 Å². The van der Waals surface area contributed by atoms with Crippen LogP contribution in [0.2, 0.25) is 0 Å². The van der Waals surface area contributed by atoms with Crippen LogP contribution in [0.1, 0.15) is 12.8 Å². The first kappa shape index (κ1) is 19.1. The Morgan fingerprint density at radius 1 is 1.33 bits per heavy atom. The Bertz CT molecular complexity index is 351. The minimum Gasteiger partial charge on any atom is -0.480 e. The number of carboxylic acids is 1. The Labute approximate surface area is 123 Å². The molecule has 0 aliphatic rings. The number of hydrogen-bond donors (Lipinski definition) is 4. The number of hydrogen-bond acceptors (Lipinski definition) is 5. The standard InChI is InChI=1S/C12H24N4O5/c1-16(7-8-21-2)6-5-14-12(20)15-9(11(18)19)3-4-10(13)17/h9H,3-8H2,1-2H3,(H2,13,17)(H,18,19)(H2,14,15,20)/t9-/m0/s1. The molecule has 0 bridgehead atoms. The number of urea groups is 1. The summed E-state index contributed by atoms with van der Waals surface area (Å²) in [5.74, 6) is -1.81. The summed E-state index contributed by atoms with van der Waals surface area (Å²) in [5, 5.41) is 13.8. The fraction of sp³-hybridized carbons (Fsp3) is 0.750. The smallest absolute Gasteiger partial charge is 0.326 e. The lowest BCUT2D eigenvalue weighted by molar-refractivity contribution is -0.139. The predicted octanol–water partition coefficient (Wildman–Crippen LogP) is -1.42. The zero-order valence-corrected chi connectivity index (χ0v) is 12.4. The molecule has 9 nitrogen and oxygen atoms in total. The quantitative estimate of drug-likeness (QED) is 0.370. The fourth-order valence-electron chi connectivity index (χ4n) is 1.47. The van der Waals surface area contributed by atoms with E-state index in [0.29, 0.717) is 19.7 Å². The highest BCUT2D eigenvalue weighted by molar-refractivity contribution is 5.83. The van der Waals surface area contributed by atoms with E-state index in [1.54, 1.807) is 7.11 Å². The summed E-state index contributed by atoms with van der Waals surface area (Å²) in [6, 6.07) is -1.73. The average Bonchev–Trinajstić information content (AvgIpc) is 2.40. The van der Waals surface area contributed by atoms with Gasteiger partial charge in [-0.05, 0) is 13.5 Å². The number of nitrogens with one attached hydrogen (secondary N) is 2. The van der Waals surface area contributed by atoms with Gasteiger partial charge in [0, 0.05) is 33.2 Å². The third-order valence-corrected chi connectivity index (χ3v) is 2.74. The van der Waals surface area contributed by atoms with Crippen LogP contribution in [0.4, 0.5) is 4.79 Å². The van der Waals surface area contributed by atoms with Crippen molar-refractivity contribution < 1.29 is 24.2 Å². The van der Waals surface area contributed by atoms with Crippen molar-refractivity contribution in [2.75, 3.05) is 40.4 Å². The van der Waals surface area contributed by atoms with E-state index in [1.807, 2.05) is 11.9 Å². The maximum Gasteiger partial charge on any atom is 0.326 e. The van der Waals surface area contributed by atoms with E-state index in [4.69, 9.17) is 15.6 Å². The highest BCUT2D eigenvalue weighted by atomic mass is 16.5. The van der Waals surface area contributed by atoms with Gasteiger partial charge in [0.15, 0.2) is 0 Å². The highest BCUT2D eigenvalue weighted by Gasteiger charge is 2.20. The number of carboxylic acid groups (broad SMARTS) is 1. The maximum absolute atomic E-state index is 11.6. The first-order valence-corrected chi connectivity index (χ1v) is 6.59. The van der Waals surface area contributed by atoms with Gasteiger partial charge < -0.3 is 31.1 Å². The van der Waals surface area contributed by atoms with Gasteiger partial charge in [-0.1, -0.05) is 0 Å². The molecule has 0 aromatic rings. The Kier molecular flexibility index (Phi) is 9.90. The molecule has 0 saturated heterocycles. The van der Waals surface area contributed by atoms with E-state index in [0.717, 1.165) is 6.54 Å². The second-order valence-electron chi connectivity index (χ2n) is 4.59. The minimum absolute atomic E-state index is 0.0359. The van der Waals surface area contributed by atoms with E-state index >= 15 is 0 Å². The van der Waals surface area contributed by atoms with Gasteiger partial charge in [-0.25, -0.2) is 9.59 Å². The van der Waals surface area contributed by atoms with Crippen LogP contribution < -0.4 is 16.4 Å². The van der Waals surface area contributed by atoms with Crippen molar-refractivity contribution in [2.24, 2.45) is 5.73 Å². The van der Waals surface area contributed by atoms with Crippen LogP contribution in [0.3, 0.4) is 0 Å². The van der Waals surface area contributed by atoms with Crippen molar-refractivity contribution in [3.05, 3.63) is 0 Å². The first-order chi connectivity index (χ1) is 9.86. The number of methoxy groups -OCH3 is 1. The molecule has 3 amide bonds. The van der Waals surface area contributed by atoms with Gasteiger partial charge in [0.2, 0.25) is 5.91 Å². The van der Waals surface area contributed by atoms with Crippen molar-refractivity contribution in [3.63, 3.8) is 0 Å². The molecular weight excluding hydrogens is 280 g/mol. The number of rotatable bonds is 11. The van der Waals surface area contributed by atoms with E-state index in [2.05, 4.69) is 10.6 Å². The predicted molar refractivity (Wildman–Crippen MR) is 75.8 cm³/mol. The molecule has 0 radical (unpaired) electrons. The van der Waals surface area contributed by atoms with Gasteiger partial charge in [-0.15, -0.1) is 0 Å². The number of nitrogens with zero attached hydrogens (tertiary/aromatic N) is 1. The number of carbonyl (C=O) groups is 3. The van der Waals surface area contributed by atoms with E-state index in [1.165, 1.54) is 0 Å². The number of ether oxygens (including phenoxy) is 1. The molecule has 0 unspecified atom stereocenters. The molecule has 0 aliphatic heterocycles.